The van der Waals surface area contributed by atoms with Crippen LogP contribution >= 0.6 is 0 Å². The lowest BCUT2D eigenvalue weighted by Crippen LogP contribution is -2.22. The third-order valence-corrected chi connectivity index (χ3v) is 4.03. The number of ether oxygens (including phenoxy) is 1. The molecular weight excluding hydrogens is 354 g/mol. The topological polar surface area (TPSA) is 125 Å². The number of amides is 1. The van der Waals surface area contributed by atoms with Crippen molar-refractivity contribution in [2.75, 3.05) is 11.9 Å². The first-order valence-electron chi connectivity index (χ1n) is 8.30. The summed E-state index contributed by atoms with van der Waals surface area (Å²) in [6, 6.07) is 2.89. The molecule has 1 aromatic carbocycles. The maximum absolute atomic E-state index is 12.3. The zero-order valence-electron chi connectivity index (χ0n) is 15.8. The first-order valence-corrected chi connectivity index (χ1v) is 8.30. The number of nitrogens with one attached hydrogen (secondary N) is 1. The molecule has 0 aliphatic carbocycles. The quantitative estimate of drug-likeness (QED) is 0.466. The van der Waals surface area contributed by atoms with Crippen LogP contribution in [0.2, 0.25) is 0 Å². The van der Waals surface area contributed by atoms with Crippen molar-refractivity contribution in [2.45, 2.75) is 40.5 Å². The molecule has 0 aliphatic heterocycles. The minimum atomic E-state index is -0.734. The van der Waals surface area contributed by atoms with Gasteiger partial charge in [-0.3, -0.25) is 14.9 Å². The molecule has 0 saturated heterocycles. The van der Waals surface area contributed by atoms with Crippen molar-refractivity contribution in [2.24, 2.45) is 0 Å². The number of aryl methyl sites for hydroxylation is 3. The van der Waals surface area contributed by atoms with Gasteiger partial charge in [0.15, 0.2) is 12.4 Å². The van der Waals surface area contributed by atoms with E-state index in [9.17, 15) is 19.7 Å². The molecule has 9 nitrogen and oxygen atoms in total. The lowest BCUT2D eigenvalue weighted by Gasteiger charge is -2.10. The van der Waals surface area contributed by atoms with E-state index in [0.29, 0.717) is 11.5 Å². The Morgan fingerprint density at radius 2 is 1.89 bits per heavy atom. The first-order chi connectivity index (χ1) is 12.6. The van der Waals surface area contributed by atoms with Crippen molar-refractivity contribution in [3.63, 3.8) is 0 Å². The Bertz CT molecular complexity index is 901. The van der Waals surface area contributed by atoms with Crippen molar-refractivity contribution < 1.29 is 23.8 Å². The molecule has 0 radical (unpaired) electrons. The maximum Gasteiger partial charge on any atom is 0.344 e. The van der Waals surface area contributed by atoms with E-state index in [2.05, 4.69) is 10.5 Å². The van der Waals surface area contributed by atoms with E-state index in [1.165, 1.54) is 12.1 Å². The van der Waals surface area contributed by atoms with E-state index in [0.717, 1.165) is 11.1 Å². The van der Waals surface area contributed by atoms with Gasteiger partial charge in [0.1, 0.15) is 11.3 Å². The summed E-state index contributed by atoms with van der Waals surface area (Å²) in [6.45, 7) is 8.19. The number of hydrogen-bond acceptors (Lipinski definition) is 7. The van der Waals surface area contributed by atoms with Crippen LogP contribution in [0.4, 0.5) is 11.4 Å². The molecule has 9 heteroatoms. The molecule has 1 heterocycles. The summed E-state index contributed by atoms with van der Waals surface area (Å²) in [5, 5.41) is 17.3. The Morgan fingerprint density at radius 3 is 2.48 bits per heavy atom. The summed E-state index contributed by atoms with van der Waals surface area (Å²) in [4.78, 5) is 35.0. The van der Waals surface area contributed by atoms with E-state index in [1.54, 1.807) is 20.8 Å². The highest BCUT2D eigenvalue weighted by Gasteiger charge is 2.25. The highest BCUT2D eigenvalue weighted by atomic mass is 16.6. The minimum absolute atomic E-state index is 0.0492. The molecule has 144 valence electrons. The summed E-state index contributed by atoms with van der Waals surface area (Å²) in [5.41, 5.74) is 1.90. The molecule has 2 rings (SSSR count). The fourth-order valence-corrected chi connectivity index (χ4v) is 2.47. The first kappa shape index (κ1) is 20.1. The number of nitrogens with zero attached hydrogens (tertiary/aromatic N) is 2. The van der Waals surface area contributed by atoms with Crippen LogP contribution in [-0.2, 0) is 9.53 Å². The van der Waals surface area contributed by atoms with Gasteiger partial charge >= 0.3 is 5.97 Å². The van der Waals surface area contributed by atoms with Crippen LogP contribution in [0.25, 0.3) is 0 Å². The number of nitro benzene ring substituents is 1. The van der Waals surface area contributed by atoms with Crippen molar-refractivity contribution in [3.8, 4) is 0 Å². The van der Waals surface area contributed by atoms with Crippen LogP contribution in [0.15, 0.2) is 16.7 Å². The third kappa shape index (κ3) is 4.49. The second-order valence-electron chi connectivity index (χ2n) is 6.50. The number of carbonyl (C=O) groups is 2. The molecule has 0 saturated carbocycles. The van der Waals surface area contributed by atoms with Gasteiger partial charge in [0.05, 0.1) is 10.6 Å². The van der Waals surface area contributed by atoms with Gasteiger partial charge < -0.3 is 14.6 Å². The van der Waals surface area contributed by atoms with Gasteiger partial charge in [-0.15, -0.1) is 0 Å². The molecule has 1 N–H and O–H groups in total. The fourth-order valence-electron chi connectivity index (χ4n) is 2.47. The number of aromatic nitrogens is 1. The van der Waals surface area contributed by atoms with Gasteiger partial charge in [-0.1, -0.05) is 19.0 Å². The number of nitro groups is 1. The summed E-state index contributed by atoms with van der Waals surface area (Å²) in [6.07, 6.45) is 0. The van der Waals surface area contributed by atoms with E-state index < -0.39 is 23.4 Å². The number of rotatable bonds is 6. The number of anilines is 1. The fraction of sp³-hybridized carbons (Fsp3) is 0.389. The SMILES string of the molecule is Cc1cc(NC(=O)COC(=O)c2c(C)noc2C(C)C)c([N+](=O)[O-])cc1C. The number of esters is 1. The zero-order chi connectivity index (χ0) is 20.3. The molecule has 0 aliphatic rings. The Labute approximate surface area is 155 Å². The van der Waals surface area contributed by atoms with Crippen molar-refractivity contribution in [1.29, 1.82) is 0 Å². The second kappa shape index (κ2) is 7.98. The van der Waals surface area contributed by atoms with Gasteiger partial charge in [0.25, 0.3) is 11.6 Å². The monoisotopic (exact) mass is 375 g/mol. The van der Waals surface area contributed by atoms with Crippen LogP contribution < -0.4 is 5.32 Å². The molecule has 0 unspecified atom stereocenters. The van der Waals surface area contributed by atoms with Crippen LogP contribution in [-0.4, -0.2) is 28.6 Å². The average Bonchev–Trinajstić information content (AvgIpc) is 2.97. The number of hydrogen-bond donors (Lipinski definition) is 1. The zero-order valence-corrected chi connectivity index (χ0v) is 15.8. The predicted molar refractivity (Wildman–Crippen MR) is 96.8 cm³/mol. The summed E-state index contributed by atoms with van der Waals surface area (Å²) in [7, 11) is 0. The standard InChI is InChI=1S/C18H21N3O6/c1-9(2)17-16(12(5)20-27-17)18(23)26-8-15(22)19-13-6-10(3)11(4)7-14(13)21(24)25/h6-7,9H,8H2,1-5H3,(H,19,22). The summed E-state index contributed by atoms with van der Waals surface area (Å²) >= 11 is 0. The second-order valence-corrected chi connectivity index (χ2v) is 6.50. The largest absolute Gasteiger partial charge is 0.452 e. The third-order valence-electron chi connectivity index (χ3n) is 4.03. The van der Waals surface area contributed by atoms with Crippen LogP contribution in [0, 0.1) is 30.9 Å². The highest BCUT2D eigenvalue weighted by Crippen LogP contribution is 2.28. The highest BCUT2D eigenvalue weighted by molar-refractivity contribution is 5.97. The predicted octanol–water partition coefficient (Wildman–Crippen LogP) is 3.43. The van der Waals surface area contributed by atoms with Crippen molar-refractivity contribution >= 4 is 23.3 Å². The molecule has 0 atom stereocenters. The number of carbonyl (C=O) groups excluding carboxylic acids is 2. The minimum Gasteiger partial charge on any atom is -0.452 e. The van der Waals surface area contributed by atoms with Gasteiger partial charge in [0.2, 0.25) is 0 Å². The molecular formula is C18H21N3O6. The maximum atomic E-state index is 12.3. The van der Waals surface area contributed by atoms with Gasteiger partial charge in [-0.05, 0) is 38.0 Å². The Morgan fingerprint density at radius 1 is 1.26 bits per heavy atom. The van der Waals surface area contributed by atoms with Crippen LogP contribution in [0.1, 0.15) is 52.7 Å². The van der Waals surface area contributed by atoms with Crippen LogP contribution in [0.3, 0.4) is 0 Å². The molecule has 27 heavy (non-hydrogen) atoms. The van der Waals surface area contributed by atoms with Crippen molar-refractivity contribution in [3.05, 3.63) is 50.4 Å². The molecule has 0 fully saturated rings. The average molecular weight is 375 g/mol. The molecule has 2 aromatic rings. The van der Waals surface area contributed by atoms with Crippen molar-refractivity contribution in [1.82, 2.24) is 5.16 Å². The molecule has 1 aromatic heterocycles. The van der Waals surface area contributed by atoms with E-state index >= 15 is 0 Å². The van der Waals surface area contributed by atoms with Gasteiger partial charge in [0, 0.05) is 12.0 Å². The van der Waals surface area contributed by atoms with Gasteiger partial charge in [-0.25, -0.2) is 4.79 Å². The van der Waals surface area contributed by atoms with E-state index in [-0.39, 0.29) is 22.9 Å². The normalized spacial score (nSPS) is 10.7. The Kier molecular flexibility index (Phi) is 5.94. The van der Waals surface area contributed by atoms with Gasteiger partial charge in [-0.2, -0.15) is 0 Å². The Hall–Kier alpha value is -3.23. The molecule has 0 spiro atoms. The van der Waals surface area contributed by atoms with Crippen LogP contribution in [0.5, 0.6) is 0 Å². The lowest BCUT2D eigenvalue weighted by atomic mass is 10.1. The Balaban J connectivity index is 2.10. The van der Waals surface area contributed by atoms with E-state index in [1.807, 2.05) is 13.8 Å². The summed E-state index contributed by atoms with van der Waals surface area (Å²) < 4.78 is 10.1. The van der Waals surface area contributed by atoms with E-state index in [4.69, 9.17) is 9.26 Å². The smallest absolute Gasteiger partial charge is 0.344 e. The summed E-state index contributed by atoms with van der Waals surface area (Å²) in [5.74, 6) is -1.12. The lowest BCUT2D eigenvalue weighted by molar-refractivity contribution is -0.384. The molecule has 1 amide bonds. The number of benzene rings is 1. The molecule has 0 bridgehead atoms.